The van der Waals surface area contributed by atoms with Crippen molar-refractivity contribution in [2.75, 3.05) is 81.1 Å². The first-order valence-electron chi connectivity index (χ1n) is 9.66. The molecule has 0 bridgehead atoms. The van der Waals surface area contributed by atoms with Crippen molar-refractivity contribution in [2.24, 2.45) is 0 Å². The van der Waals surface area contributed by atoms with Crippen LogP contribution in [-0.4, -0.2) is 101 Å². The van der Waals surface area contributed by atoms with Crippen molar-refractivity contribution in [2.45, 2.75) is 45.4 Å². The number of hydrogen-bond donors (Lipinski definition) is 0. The minimum absolute atomic E-state index is 1.14. The molecule has 0 spiro atoms. The van der Waals surface area contributed by atoms with Gasteiger partial charge in [-0.15, -0.1) is 0 Å². The second-order valence-electron chi connectivity index (χ2n) is 7.48. The normalized spacial score (nSPS) is 12.3. The summed E-state index contributed by atoms with van der Waals surface area (Å²) in [5.74, 6) is 0. The zero-order valence-electron chi connectivity index (χ0n) is 17.0. The summed E-state index contributed by atoms with van der Waals surface area (Å²) in [6.45, 7) is 10.5. The average molecular weight is 329 g/mol. The summed E-state index contributed by atoms with van der Waals surface area (Å²) >= 11 is 0. The van der Waals surface area contributed by atoms with Crippen molar-refractivity contribution in [3.8, 4) is 0 Å². The molecule has 0 aromatic carbocycles. The van der Waals surface area contributed by atoms with Crippen LogP contribution in [0.5, 0.6) is 0 Å². The third-order valence-electron chi connectivity index (χ3n) is 4.55. The highest BCUT2D eigenvalue weighted by molar-refractivity contribution is 4.61. The van der Waals surface area contributed by atoms with Gasteiger partial charge < -0.3 is 19.6 Å². The molecular formula is C19H44N4. The molecule has 4 nitrogen and oxygen atoms in total. The van der Waals surface area contributed by atoms with Gasteiger partial charge >= 0.3 is 0 Å². The van der Waals surface area contributed by atoms with Gasteiger partial charge in [0.15, 0.2) is 0 Å². The lowest BCUT2D eigenvalue weighted by molar-refractivity contribution is 0.216. The van der Waals surface area contributed by atoms with Crippen LogP contribution in [0.4, 0.5) is 0 Å². The Bertz CT molecular complexity index is 246. The topological polar surface area (TPSA) is 13.0 Å². The highest BCUT2D eigenvalue weighted by Gasteiger charge is 2.04. The van der Waals surface area contributed by atoms with Gasteiger partial charge in [-0.2, -0.15) is 0 Å². The minimum atomic E-state index is 1.14. The van der Waals surface area contributed by atoms with Crippen molar-refractivity contribution in [1.82, 2.24) is 19.6 Å². The number of nitrogens with zero attached hydrogens (tertiary/aromatic N) is 4. The standard InChI is InChI=1S/C19H44N4/c1-7-8-9-10-11-12-13-21(4)16-17-23(6)19-18-22(5)15-14-20(2)3/h7-19H2,1-6H3. The number of unbranched alkanes of at least 4 members (excludes halogenated alkanes) is 5. The van der Waals surface area contributed by atoms with Crippen LogP contribution in [0.15, 0.2) is 0 Å². The molecule has 4 heteroatoms. The Kier molecular flexibility index (Phi) is 15.3. The van der Waals surface area contributed by atoms with Crippen LogP contribution in [0.2, 0.25) is 0 Å². The van der Waals surface area contributed by atoms with Gasteiger partial charge in [-0.3, -0.25) is 0 Å². The molecule has 0 aliphatic heterocycles. The van der Waals surface area contributed by atoms with Crippen LogP contribution in [-0.2, 0) is 0 Å². The Morgan fingerprint density at radius 2 is 0.826 bits per heavy atom. The number of likely N-dealkylation sites (N-methyl/N-ethyl adjacent to an activating group) is 4. The first-order valence-corrected chi connectivity index (χ1v) is 9.66. The first-order chi connectivity index (χ1) is 11.0. The maximum Gasteiger partial charge on any atom is 0.0107 e. The summed E-state index contributed by atoms with van der Waals surface area (Å²) in [5.41, 5.74) is 0. The molecule has 23 heavy (non-hydrogen) atoms. The van der Waals surface area contributed by atoms with E-state index in [4.69, 9.17) is 0 Å². The van der Waals surface area contributed by atoms with Crippen molar-refractivity contribution in [1.29, 1.82) is 0 Å². The lowest BCUT2D eigenvalue weighted by atomic mass is 10.1. The molecule has 0 aromatic rings. The summed E-state index contributed by atoms with van der Waals surface area (Å²) in [7, 11) is 11.0. The molecule has 0 saturated carbocycles. The molecule has 0 aliphatic carbocycles. The molecule has 0 rings (SSSR count). The second kappa shape index (κ2) is 15.4. The molecule has 0 atom stereocenters. The fourth-order valence-electron chi connectivity index (χ4n) is 2.55. The van der Waals surface area contributed by atoms with E-state index in [9.17, 15) is 0 Å². The molecular weight excluding hydrogens is 284 g/mol. The molecule has 0 radical (unpaired) electrons. The monoisotopic (exact) mass is 328 g/mol. The van der Waals surface area contributed by atoms with Gasteiger partial charge in [0, 0.05) is 39.3 Å². The van der Waals surface area contributed by atoms with Crippen LogP contribution >= 0.6 is 0 Å². The van der Waals surface area contributed by atoms with Gasteiger partial charge in [-0.1, -0.05) is 39.0 Å². The fraction of sp³-hybridized carbons (Fsp3) is 1.00. The van der Waals surface area contributed by atoms with Crippen molar-refractivity contribution in [3.63, 3.8) is 0 Å². The highest BCUT2D eigenvalue weighted by Crippen LogP contribution is 2.05. The number of hydrogen-bond acceptors (Lipinski definition) is 4. The Morgan fingerprint density at radius 3 is 1.30 bits per heavy atom. The quantitative estimate of drug-likeness (QED) is 0.404. The summed E-state index contributed by atoms with van der Waals surface area (Å²) in [6, 6.07) is 0. The van der Waals surface area contributed by atoms with Gasteiger partial charge in [0.25, 0.3) is 0 Å². The van der Waals surface area contributed by atoms with E-state index in [2.05, 4.69) is 61.8 Å². The van der Waals surface area contributed by atoms with Crippen molar-refractivity contribution < 1.29 is 0 Å². The molecule has 0 aliphatic rings. The van der Waals surface area contributed by atoms with Gasteiger partial charge in [0.2, 0.25) is 0 Å². The van der Waals surface area contributed by atoms with Crippen LogP contribution in [0, 0.1) is 0 Å². The molecule has 0 heterocycles. The van der Waals surface area contributed by atoms with E-state index in [0.717, 1.165) is 26.2 Å². The van der Waals surface area contributed by atoms with E-state index in [1.165, 1.54) is 58.2 Å². The van der Waals surface area contributed by atoms with Crippen LogP contribution in [0.1, 0.15) is 45.4 Å². The van der Waals surface area contributed by atoms with E-state index in [1.54, 1.807) is 0 Å². The lowest BCUT2D eigenvalue weighted by Crippen LogP contribution is -2.37. The Morgan fingerprint density at radius 1 is 0.435 bits per heavy atom. The summed E-state index contributed by atoms with van der Waals surface area (Å²) in [6.07, 6.45) is 8.35. The van der Waals surface area contributed by atoms with E-state index in [1.807, 2.05) is 0 Å². The molecule has 0 N–H and O–H groups in total. The predicted molar refractivity (Wildman–Crippen MR) is 104 cm³/mol. The predicted octanol–water partition coefficient (Wildman–Crippen LogP) is 2.70. The third kappa shape index (κ3) is 16.5. The Balaban J connectivity index is 3.50. The largest absolute Gasteiger partial charge is 0.308 e. The van der Waals surface area contributed by atoms with Crippen molar-refractivity contribution >= 4 is 0 Å². The second-order valence-corrected chi connectivity index (χ2v) is 7.48. The highest BCUT2D eigenvalue weighted by atomic mass is 15.2. The van der Waals surface area contributed by atoms with E-state index >= 15 is 0 Å². The fourth-order valence-corrected chi connectivity index (χ4v) is 2.55. The maximum absolute atomic E-state index is 2.49. The van der Waals surface area contributed by atoms with Gasteiger partial charge in [-0.05, 0) is 48.2 Å². The molecule has 0 amide bonds. The van der Waals surface area contributed by atoms with E-state index in [0.29, 0.717) is 0 Å². The van der Waals surface area contributed by atoms with E-state index in [-0.39, 0.29) is 0 Å². The van der Waals surface area contributed by atoms with Crippen LogP contribution < -0.4 is 0 Å². The summed E-state index contributed by atoms with van der Waals surface area (Å²) in [5, 5.41) is 0. The SMILES string of the molecule is CCCCCCCCN(C)CCN(C)CCN(C)CCN(C)C. The maximum atomic E-state index is 2.49. The molecule has 0 unspecified atom stereocenters. The minimum Gasteiger partial charge on any atom is -0.308 e. The average Bonchev–Trinajstić information content (AvgIpc) is 2.52. The lowest BCUT2D eigenvalue weighted by Gasteiger charge is -2.25. The van der Waals surface area contributed by atoms with Gasteiger partial charge in [0.05, 0.1) is 0 Å². The Hall–Kier alpha value is -0.160. The third-order valence-corrected chi connectivity index (χ3v) is 4.55. The molecule has 0 aromatic heterocycles. The Labute approximate surface area is 146 Å². The van der Waals surface area contributed by atoms with Gasteiger partial charge in [-0.25, -0.2) is 0 Å². The molecule has 0 saturated heterocycles. The zero-order valence-corrected chi connectivity index (χ0v) is 17.0. The summed E-state index contributed by atoms with van der Waals surface area (Å²) in [4.78, 5) is 9.63. The molecule has 140 valence electrons. The van der Waals surface area contributed by atoms with Crippen molar-refractivity contribution in [3.05, 3.63) is 0 Å². The first kappa shape index (κ1) is 22.8. The number of rotatable bonds is 16. The smallest absolute Gasteiger partial charge is 0.0107 e. The van der Waals surface area contributed by atoms with Crippen LogP contribution in [0.3, 0.4) is 0 Å². The summed E-state index contributed by atoms with van der Waals surface area (Å²) < 4.78 is 0. The zero-order chi connectivity index (χ0) is 17.5. The van der Waals surface area contributed by atoms with E-state index < -0.39 is 0 Å². The van der Waals surface area contributed by atoms with Gasteiger partial charge in [0.1, 0.15) is 0 Å². The van der Waals surface area contributed by atoms with Crippen LogP contribution in [0.25, 0.3) is 0 Å². The molecule has 0 fully saturated rings.